The Morgan fingerprint density at radius 2 is 2.11 bits per heavy atom. The van der Waals surface area contributed by atoms with Crippen LogP contribution in [-0.2, 0) is 6.42 Å². The van der Waals surface area contributed by atoms with Crippen LogP contribution in [0, 0.1) is 5.92 Å². The lowest BCUT2D eigenvalue weighted by molar-refractivity contribution is -0.0168. The quantitative estimate of drug-likeness (QED) is 0.880. The highest BCUT2D eigenvalue weighted by Gasteiger charge is 2.33. The van der Waals surface area contributed by atoms with Gasteiger partial charge in [0.25, 0.3) is 0 Å². The highest BCUT2D eigenvalue weighted by Crippen LogP contribution is 2.34. The Balaban J connectivity index is 2.00. The van der Waals surface area contributed by atoms with E-state index in [1.807, 2.05) is 17.8 Å². The van der Waals surface area contributed by atoms with Gasteiger partial charge in [0.1, 0.15) is 0 Å². The summed E-state index contributed by atoms with van der Waals surface area (Å²) in [6, 6.07) is 2.50. The van der Waals surface area contributed by atoms with Crippen molar-refractivity contribution in [1.29, 1.82) is 0 Å². The second-order valence-electron chi connectivity index (χ2n) is 6.41. The molecule has 1 aliphatic carbocycles. The van der Waals surface area contributed by atoms with Crippen molar-refractivity contribution < 1.29 is 5.11 Å². The molecule has 2 atom stereocenters. The fraction of sp³-hybridized carbons (Fsp3) is 0.812. The molecule has 1 fully saturated rings. The second-order valence-corrected chi connectivity index (χ2v) is 6.41. The van der Waals surface area contributed by atoms with E-state index < -0.39 is 5.60 Å². The van der Waals surface area contributed by atoms with Gasteiger partial charge < -0.3 is 5.11 Å². The summed E-state index contributed by atoms with van der Waals surface area (Å²) < 4.78 is 2.02. The van der Waals surface area contributed by atoms with E-state index in [1.165, 1.54) is 32.1 Å². The first-order chi connectivity index (χ1) is 9.03. The van der Waals surface area contributed by atoms with Gasteiger partial charge in [-0.2, -0.15) is 5.10 Å². The van der Waals surface area contributed by atoms with Gasteiger partial charge in [0.15, 0.2) is 0 Å². The van der Waals surface area contributed by atoms with Gasteiger partial charge in [-0.05, 0) is 45.1 Å². The van der Waals surface area contributed by atoms with Gasteiger partial charge in [0.2, 0.25) is 0 Å². The van der Waals surface area contributed by atoms with Crippen LogP contribution in [0.2, 0.25) is 0 Å². The van der Waals surface area contributed by atoms with Gasteiger partial charge in [-0.15, -0.1) is 0 Å². The number of aromatic nitrogens is 2. The van der Waals surface area contributed by atoms with Crippen molar-refractivity contribution >= 4 is 0 Å². The number of nitrogens with zero attached hydrogens (tertiary/aromatic N) is 2. The average molecular weight is 264 g/mol. The fourth-order valence-corrected chi connectivity index (χ4v) is 3.14. The predicted molar refractivity (Wildman–Crippen MR) is 78.1 cm³/mol. The lowest BCUT2D eigenvalue weighted by Gasteiger charge is -2.35. The molecule has 2 unspecified atom stereocenters. The Hall–Kier alpha value is -0.830. The van der Waals surface area contributed by atoms with Gasteiger partial charge in [-0.1, -0.05) is 26.2 Å². The van der Waals surface area contributed by atoms with E-state index in [4.69, 9.17) is 0 Å². The molecule has 0 aliphatic heterocycles. The molecule has 1 aromatic rings. The Labute approximate surface area is 117 Å². The molecule has 0 radical (unpaired) electrons. The van der Waals surface area contributed by atoms with Crippen LogP contribution >= 0.6 is 0 Å². The van der Waals surface area contributed by atoms with Crippen molar-refractivity contribution in [1.82, 2.24) is 9.78 Å². The van der Waals surface area contributed by atoms with Gasteiger partial charge >= 0.3 is 0 Å². The molecule has 1 aromatic heterocycles. The standard InChI is InChI=1S/C16H28N2O/c1-4-13(2)18-11-10-15(17-18)12-16(3,19)14-8-6-5-7-9-14/h10-11,13-14,19H,4-9,12H2,1-3H3. The molecule has 0 aromatic carbocycles. The Kier molecular flexibility index (Phi) is 4.67. The molecule has 3 nitrogen and oxygen atoms in total. The molecular weight excluding hydrogens is 236 g/mol. The van der Waals surface area contributed by atoms with Crippen LogP contribution in [0.15, 0.2) is 12.3 Å². The second kappa shape index (κ2) is 6.08. The third kappa shape index (κ3) is 3.59. The lowest BCUT2D eigenvalue weighted by atomic mass is 9.76. The van der Waals surface area contributed by atoms with Crippen molar-refractivity contribution in [3.63, 3.8) is 0 Å². The van der Waals surface area contributed by atoms with Gasteiger partial charge in [0.05, 0.1) is 11.3 Å². The molecule has 0 saturated heterocycles. The third-order valence-corrected chi connectivity index (χ3v) is 4.73. The lowest BCUT2D eigenvalue weighted by Crippen LogP contribution is -2.38. The van der Waals surface area contributed by atoms with E-state index in [-0.39, 0.29) is 0 Å². The molecule has 2 rings (SSSR count). The Morgan fingerprint density at radius 1 is 1.42 bits per heavy atom. The number of hydrogen-bond donors (Lipinski definition) is 1. The summed E-state index contributed by atoms with van der Waals surface area (Å²) in [4.78, 5) is 0. The molecule has 1 N–H and O–H groups in total. The molecule has 1 saturated carbocycles. The van der Waals surface area contributed by atoms with E-state index in [2.05, 4.69) is 25.0 Å². The normalized spacial score (nSPS) is 22.1. The minimum absolute atomic E-state index is 0.438. The van der Waals surface area contributed by atoms with Crippen LogP contribution in [-0.4, -0.2) is 20.5 Å². The Morgan fingerprint density at radius 3 is 2.74 bits per heavy atom. The van der Waals surface area contributed by atoms with Crippen LogP contribution in [0.5, 0.6) is 0 Å². The van der Waals surface area contributed by atoms with E-state index >= 15 is 0 Å². The van der Waals surface area contributed by atoms with Crippen molar-refractivity contribution in [2.24, 2.45) is 5.92 Å². The highest BCUT2D eigenvalue weighted by atomic mass is 16.3. The van der Waals surface area contributed by atoms with E-state index in [1.54, 1.807) is 0 Å². The average Bonchev–Trinajstić information content (AvgIpc) is 2.86. The number of aliphatic hydroxyl groups is 1. The maximum Gasteiger partial charge on any atom is 0.0703 e. The largest absolute Gasteiger partial charge is 0.389 e. The van der Waals surface area contributed by atoms with Crippen molar-refractivity contribution in [2.45, 2.75) is 77.4 Å². The van der Waals surface area contributed by atoms with Crippen molar-refractivity contribution in [3.8, 4) is 0 Å². The zero-order chi connectivity index (χ0) is 13.9. The maximum atomic E-state index is 10.7. The zero-order valence-electron chi connectivity index (χ0n) is 12.6. The molecule has 19 heavy (non-hydrogen) atoms. The monoisotopic (exact) mass is 264 g/mol. The predicted octanol–water partition coefficient (Wildman–Crippen LogP) is 3.73. The molecule has 3 heteroatoms. The number of rotatable bonds is 5. The van der Waals surface area contributed by atoms with Crippen LogP contribution in [0.4, 0.5) is 0 Å². The molecule has 0 amide bonds. The minimum atomic E-state index is -0.602. The van der Waals surface area contributed by atoms with Crippen molar-refractivity contribution in [3.05, 3.63) is 18.0 Å². The fourth-order valence-electron chi connectivity index (χ4n) is 3.14. The minimum Gasteiger partial charge on any atom is -0.389 e. The molecule has 0 bridgehead atoms. The Bertz CT molecular complexity index is 391. The van der Waals surface area contributed by atoms with Gasteiger partial charge in [-0.25, -0.2) is 0 Å². The topological polar surface area (TPSA) is 38.0 Å². The van der Waals surface area contributed by atoms with Crippen LogP contribution < -0.4 is 0 Å². The first-order valence-corrected chi connectivity index (χ1v) is 7.79. The van der Waals surface area contributed by atoms with Gasteiger partial charge in [-0.3, -0.25) is 4.68 Å². The summed E-state index contributed by atoms with van der Waals surface area (Å²) in [5.74, 6) is 0.440. The molecular formula is C16H28N2O. The molecule has 108 valence electrons. The first-order valence-electron chi connectivity index (χ1n) is 7.79. The van der Waals surface area contributed by atoms with Crippen molar-refractivity contribution in [2.75, 3.05) is 0 Å². The highest BCUT2D eigenvalue weighted by molar-refractivity contribution is 5.05. The summed E-state index contributed by atoms with van der Waals surface area (Å²) >= 11 is 0. The molecule has 1 aliphatic rings. The van der Waals surface area contributed by atoms with E-state index in [9.17, 15) is 5.11 Å². The summed E-state index contributed by atoms with van der Waals surface area (Å²) in [5, 5.41) is 15.4. The van der Waals surface area contributed by atoms with Crippen LogP contribution in [0.3, 0.4) is 0 Å². The smallest absolute Gasteiger partial charge is 0.0703 e. The number of hydrogen-bond acceptors (Lipinski definition) is 2. The van der Waals surface area contributed by atoms with Crippen LogP contribution in [0.1, 0.15) is 71.0 Å². The van der Waals surface area contributed by atoms with E-state index in [0.29, 0.717) is 18.4 Å². The summed E-state index contributed by atoms with van der Waals surface area (Å²) in [6.07, 6.45) is 10.00. The third-order valence-electron chi connectivity index (χ3n) is 4.73. The van der Waals surface area contributed by atoms with E-state index in [0.717, 1.165) is 12.1 Å². The van der Waals surface area contributed by atoms with Gasteiger partial charge in [0, 0.05) is 18.7 Å². The zero-order valence-corrected chi connectivity index (χ0v) is 12.6. The summed E-state index contributed by atoms with van der Waals surface area (Å²) in [6.45, 7) is 6.34. The summed E-state index contributed by atoms with van der Waals surface area (Å²) in [5.41, 5.74) is 0.422. The molecule has 1 heterocycles. The molecule has 0 spiro atoms. The first kappa shape index (κ1) is 14.6. The van der Waals surface area contributed by atoms with Crippen LogP contribution in [0.25, 0.3) is 0 Å². The SMILES string of the molecule is CCC(C)n1ccc(CC(C)(O)C2CCCCC2)n1. The summed E-state index contributed by atoms with van der Waals surface area (Å²) in [7, 11) is 0. The maximum absolute atomic E-state index is 10.7.